The number of rotatable bonds is 6. The second kappa shape index (κ2) is 7.79. The Morgan fingerprint density at radius 3 is 2.78 bits per heavy atom. The molecule has 0 saturated carbocycles. The number of hydrogen-bond donors (Lipinski definition) is 1. The van der Waals surface area contributed by atoms with E-state index in [0.717, 1.165) is 6.07 Å². The SMILES string of the molecule is O=C(NCCn1nc(-n2cccn2)ccc1=O)c1ccc([N+](=O)[O-])cc1Cl. The maximum atomic E-state index is 12.2. The average molecular weight is 389 g/mol. The number of nitrogens with one attached hydrogen (secondary N) is 1. The topological polar surface area (TPSA) is 125 Å². The molecule has 138 valence electrons. The predicted octanol–water partition coefficient (Wildman–Crippen LogP) is 1.42. The van der Waals surface area contributed by atoms with Crippen LogP contribution >= 0.6 is 11.6 Å². The van der Waals surface area contributed by atoms with Gasteiger partial charge in [-0.15, -0.1) is 5.10 Å². The van der Waals surface area contributed by atoms with Crippen LogP contribution in [0.25, 0.3) is 5.82 Å². The minimum Gasteiger partial charge on any atom is -0.350 e. The molecule has 2 heterocycles. The smallest absolute Gasteiger partial charge is 0.270 e. The zero-order valence-electron chi connectivity index (χ0n) is 13.8. The number of halogens is 1. The number of nitrogens with zero attached hydrogens (tertiary/aromatic N) is 5. The summed E-state index contributed by atoms with van der Waals surface area (Å²) in [7, 11) is 0. The first-order valence-electron chi connectivity index (χ1n) is 7.76. The number of nitro groups is 1. The Kier molecular flexibility index (Phi) is 5.27. The van der Waals surface area contributed by atoms with Gasteiger partial charge < -0.3 is 5.32 Å². The van der Waals surface area contributed by atoms with Crippen LogP contribution in [0.4, 0.5) is 5.69 Å². The molecule has 1 N–H and O–H groups in total. The largest absolute Gasteiger partial charge is 0.350 e. The lowest BCUT2D eigenvalue weighted by Gasteiger charge is -2.09. The van der Waals surface area contributed by atoms with Crippen molar-refractivity contribution in [3.05, 3.63) is 79.8 Å². The molecule has 0 saturated heterocycles. The molecule has 0 aliphatic carbocycles. The summed E-state index contributed by atoms with van der Waals surface area (Å²) in [5.74, 6) is -0.0458. The fourth-order valence-electron chi connectivity index (χ4n) is 2.30. The molecule has 1 aromatic carbocycles. The van der Waals surface area contributed by atoms with Gasteiger partial charge in [-0.1, -0.05) is 11.6 Å². The van der Waals surface area contributed by atoms with Crippen LogP contribution in [-0.2, 0) is 6.54 Å². The van der Waals surface area contributed by atoms with Crippen LogP contribution in [-0.4, -0.2) is 36.9 Å². The molecule has 1 amide bonds. The maximum Gasteiger partial charge on any atom is 0.270 e. The highest BCUT2D eigenvalue weighted by atomic mass is 35.5. The van der Waals surface area contributed by atoms with Crippen molar-refractivity contribution in [1.29, 1.82) is 0 Å². The molecule has 0 spiro atoms. The lowest BCUT2D eigenvalue weighted by Crippen LogP contribution is -2.32. The quantitative estimate of drug-likeness (QED) is 0.503. The first kappa shape index (κ1) is 18.3. The van der Waals surface area contributed by atoms with Crippen LogP contribution in [0.2, 0.25) is 5.02 Å². The number of amides is 1. The van der Waals surface area contributed by atoms with Crippen molar-refractivity contribution in [2.24, 2.45) is 0 Å². The molecule has 2 aromatic heterocycles. The van der Waals surface area contributed by atoms with Gasteiger partial charge in [-0.2, -0.15) is 5.10 Å². The average Bonchev–Trinajstić information content (AvgIpc) is 3.17. The number of benzene rings is 1. The van der Waals surface area contributed by atoms with Gasteiger partial charge in [0, 0.05) is 37.1 Å². The van der Waals surface area contributed by atoms with E-state index in [4.69, 9.17) is 11.6 Å². The van der Waals surface area contributed by atoms with E-state index in [0.29, 0.717) is 5.82 Å². The van der Waals surface area contributed by atoms with E-state index in [1.54, 1.807) is 24.5 Å². The number of carbonyl (C=O) groups excluding carboxylic acids is 1. The molecule has 0 radical (unpaired) electrons. The van der Waals surface area contributed by atoms with Gasteiger partial charge in [0.25, 0.3) is 17.2 Å². The van der Waals surface area contributed by atoms with Crippen molar-refractivity contribution in [2.45, 2.75) is 6.54 Å². The van der Waals surface area contributed by atoms with Crippen molar-refractivity contribution < 1.29 is 9.72 Å². The number of nitro benzene ring substituents is 1. The molecule has 11 heteroatoms. The highest BCUT2D eigenvalue weighted by Gasteiger charge is 2.14. The maximum absolute atomic E-state index is 12.2. The second-order valence-electron chi connectivity index (χ2n) is 5.38. The van der Waals surface area contributed by atoms with E-state index in [1.165, 1.54) is 27.6 Å². The van der Waals surface area contributed by atoms with Crippen molar-refractivity contribution in [3.63, 3.8) is 0 Å². The monoisotopic (exact) mass is 388 g/mol. The third kappa shape index (κ3) is 4.18. The van der Waals surface area contributed by atoms with E-state index in [-0.39, 0.29) is 34.9 Å². The highest BCUT2D eigenvalue weighted by Crippen LogP contribution is 2.22. The van der Waals surface area contributed by atoms with Gasteiger partial charge in [-0.3, -0.25) is 19.7 Å². The molecule has 27 heavy (non-hydrogen) atoms. The van der Waals surface area contributed by atoms with E-state index in [1.807, 2.05) is 0 Å². The van der Waals surface area contributed by atoms with E-state index in [2.05, 4.69) is 15.5 Å². The summed E-state index contributed by atoms with van der Waals surface area (Å²) in [5, 5.41) is 21.5. The molecule has 10 nitrogen and oxygen atoms in total. The summed E-state index contributed by atoms with van der Waals surface area (Å²) < 4.78 is 2.71. The molecule has 3 aromatic rings. The lowest BCUT2D eigenvalue weighted by atomic mass is 10.2. The first-order chi connectivity index (χ1) is 13.0. The summed E-state index contributed by atoms with van der Waals surface area (Å²) in [4.78, 5) is 34.2. The predicted molar refractivity (Wildman–Crippen MR) is 96.1 cm³/mol. The highest BCUT2D eigenvalue weighted by molar-refractivity contribution is 6.34. The van der Waals surface area contributed by atoms with Gasteiger partial charge in [0.05, 0.1) is 22.1 Å². The third-order valence-electron chi connectivity index (χ3n) is 3.61. The summed E-state index contributed by atoms with van der Waals surface area (Å²) in [6.07, 6.45) is 3.28. The molecular formula is C16H13ClN6O4. The zero-order valence-corrected chi connectivity index (χ0v) is 14.5. The van der Waals surface area contributed by atoms with Crippen LogP contribution in [0.15, 0.2) is 53.6 Å². The van der Waals surface area contributed by atoms with Crippen LogP contribution in [0.1, 0.15) is 10.4 Å². The fraction of sp³-hybridized carbons (Fsp3) is 0.125. The second-order valence-corrected chi connectivity index (χ2v) is 5.79. The van der Waals surface area contributed by atoms with E-state index >= 15 is 0 Å². The summed E-state index contributed by atoms with van der Waals surface area (Å²) in [6, 6.07) is 8.21. The summed E-state index contributed by atoms with van der Waals surface area (Å²) >= 11 is 5.92. The standard InChI is InChI=1S/C16H13ClN6O4/c17-13-10-11(23(26)27)2-3-12(13)16(25)18-7-9-22-15(24)5-4-14(20-22)21-8-1-6-19-21/h1-6,8,10H,7,9H2,(H,18,25). The fourth-order valence-corrected chi connectivity index (χ4v) is 2.56. The van der Waals surface area contributed by atoms with Gasteiger partial charge in [-0.05, 0) is 18.2 Å². The molecule has 0 unspecified atom stereocenters. The van der Waals surface area contributed by atoms with Gasteiger partial charge >= 0.3 is 0 Å². The Balaban J connectivity index is 1.66. The first-order valence-corrected chi connectivity index (χ1v) is 8.14. The summed E-state index contributed by atoms with van der Waals surface area (Å²) in [6.45, 7) is 0.242. The minimum atomic E-state index is -0.599. The third-order valence-corrected chi connectivity index (χ3v) is 3.92. The number of hydrogen-bond acceptors (Lipinski definition) is 6. The Hall–Kier alpha value is -3.53. The number of non-ortho nitro benzene ring substituents is 1. The van der Waals surface area contributed by atoms with Crippen molar-refractivity contribution in [2.75, 3.05) is 6.54 Å². The molecule has 0 aliphatic heterocycles. The minimum absolute atomic E-state index is 0.0299. The van der Waals surface area contributed by atoms with Crippen LogP contribution in [0.5, 0.6) is 0 Å². The van der Waals surface area contributed by atoms with Gasteiger partial charge in [0.1, 0.15) is 0 Å². The Morgan fingerprint density at radius 2 is 2.11 bits per heavy atom. The van der Waals surface area contributed by atoms with Crippen LogP contribution in [0.3, 0.4) is 0 Å². The van der Waals surface area contributed by atoms with Crippen molar-refractivity contribution in [1.82, 2.24) is 24.9 Å². The molecule has 0 fully saturated rings. The Morgan fingerprint density at radius 1 is 1.30 bits per heavy atom. The van der Waals surface area contributed by atoms with Crippen LogP contribution < -0.4 is 10.9 Å². The van der Waals surface area contributed by atoms with E-state index < -0.39 is 10.8 Å². The van der Waals surface area contributed by atoms with Gasteiger partial charge in [0.2, 0.25) is 0 Å². The molecular weight excluding hydrogens is 376 g/mol. The molecule has 0 atom stereocenters. The Labute approximate surface area is 157 Å². The van der Waals surface area contributed by atoms with E-state index in [9.17, 15) is 19.7 Å². The van der Waals surface area contributed by atoms with Gasteiger partial charge in [0.15, 0.2) is 5.82 Å². The Bertz CT molecular complexity index is 1050. The normalized spacial score (nSPS) is 10.6. The molecule has 0 aliphatic rings. The molecule has 0 bridgehead atoms. The van der Waals surface area contributed by atoms with Gasteiger partial charge in [-0.25, -0.2) is 9.36 Å². The van der Waals surface area contributed by atoms with Crippen LogP contribution in [0, 0.1) is 10.1 Å². The zero-order chi connectivity index (χ0) is 19.4. The lowest BCUT2D eigenvalue weighted by molar-refractivity contribution is -0.384. The molecule has 3 rings (SSSR count). The van der Waals surface area contributed by atoms with Crippen molar-refractivity contribution >= 4 is 23.2 Å². The number of carbonyl (C=O) groups is 1. The summed E-state index contributed by atoms with van der Waals surface area (Å²) in [5.41, 5.74) is -0.427. The van der Waals surface area contributed by atoms with Crippen molar-refractivity contribution in [3.8, 4) is 5.82 Å². The number of aromatic nitrogens is 4.